The first kappa shape index (κ1) is 15.8. The lowest BCUT2D eigenvalue weighted by Gasteiger charge is -2.19. The van der Waals surface area contributed by atoms with Crippen molar-refractivity contribution in [2.45, 2.75) is 39.2 Å². The molecule has 1 aromatic rings. The molecule has 1 aromatic carbocycles. The third kappa shape index (κ3) is 4.73. The van der Waals surface area contributed by atoms with Crippen LogP contribution in [0.1, 0.15) is 38.7 Å². The monoisotopic (exact) mass is 267 g/mol. The Bertz CT molecular complexity index is 382. The Hall–Kier alpha value is -1.26. The normalized spacial score (nSPS) is 13.9. The van der Waals surface area contributed by atoms with Gasteiger partial charge in [-0.1, -0.05) is 6.92 Å². The van der Waals surface area contributed by atoms with Gasteiger partial charge in [-0.05, 0) is 44.4 Å². The molecule has 108 valence electrons. The molecule has 0 fully saturated rings. The van der Waals surface area contributed by atoms with Gasteiger partial charge in [0, 0.05) is 12.1 Å². The Balaban J connectivity index is 2.94. The molecule has 0 radical (unpaired) electrons. The Morgan fingerprint density at radius 2 is 1.89 bits per heavy atom. The summed E-state index contributed by atoms with van der Waals surface area (Å²) in [5, 5.41) is 9.69. The van der Waals surface area contributed by atoms with Crippen LogP contribution in [0, 0.1) is 0 Å². The summed E-state index contributed by atoms with van der Waals surface area (Å²) in [7, 11) is 0. The molecule has 1 rings (SSSR count). The van der Waals surface area contributed by atoms with Gasteiger partial charge in [0.1, 0.15) is 11.5 Å². The molecule has 4 nitrogen and oxygen atoms in total. The molecule has 19 heavy (non-hydrogen) atoms. The van der Waals surface area contributed by atoms with Crippen molar-refractivity contribution in [2.75, 3.05) is 19.8 Å². The van der Waals surface area contributed by atoms with Gasteiger partial charge in [0.15, 0.2) is 0 Å². The van der Waals surface area contributed by atoms with Crippen LogP contribution in [0.25, 0.3) is 0 Å². The first-order chi connectivity index (χ1) is 9.12. The molecule has 0 aliphatic heterocycles. The number of aliphatic hydroxyl groups excluding tert-OH is 1. The van der Waals surface area contributed by atoms with E-state index in [1.54, 1.807) is 0 Å². The topological polar surface area (TPSA) is 64.7 Å². The Morgan fingerprint density at radius 3 is 2.47 bits per heavy atom. The van der Waals surface area contributed by atoms with Crippen LogP contribution < -0.4 is 15.2 Å². The van der Waals surface area contributed by atoms with Crippen molar-refractivity contribution in [2.24, 2.45) is 5.73 Å². The molecule has 0 aliphatic rings. The molecule has 0 aromatic heterocycles. The van der Waals surface area contributed by atoms with Crippen LogP contribution in [0.3, 0.4) is 0 Å². The van der Waals surface area contributed by atoms with Crippen molar-refractivity contribution < 1.29 is 14.6 Å². The van der Waals surface area contributed by atoms with Crippen LogP contribution in [0.15, 0.2) is 18.2 Å². The van der Waals surface area contributed by atoms with Gasteiger partial charge in [-0.2, -0.15) is 0 Å². The average Bonchev–Trinajstić information content (AvgIpc) is 2.40. The van der Waals surface area contributed by atoms with Crippen molar-refractivity contribution >= 4 is 0 Å². The van der Waals surface area contributed by atoms with Crippen molar-refractivity contribution in [3.63, 3.8) is 0 Å². The van der Waals surface area contributed by atoms with Crippen molar-refractivity contribution in [1.82, 2.24) is 0 Å². The zero-order valence-electron chi connectivity index (χ0n) is 12.1. The summed E-state index contributed by atoms with van der Waals surface area (Å²) in [5.41, 5.74) is 6.52. The highest BCUT2D eigenvalue weighted by atomic mass is 16.5. The average molecular weight is 267 g/mol. The summed E-state index contributed by atoms with van der Waals surface area (Å²) in [6, 6.07) is 5.82. The Labute approximate surface area is 115 Å². The van der Waals surface area contributed by atoms with E-state index >= 15 is 0 Å². The summed E-state index contributed by atoms with van der Waals surface area (Å²) in [6.07, 6.45) is 0.131. The molecule has 0 bridgehead atoms. The van der Waals surface area contributed by atoms with Gasteiger partial charge in [0.2, 0.25) is 0 Å². The standard InChI is InChI=1S/C15H25NO3/c1-4-18-13-6-7-15(19-5-2)14(9-13)11(3)8-12(17)10-16/h6-7,9,11-12,17H,4-5,8,10,16H2,1-3H3. The molecule has 0 saturated heterocycles. The summed E-state index contributed by atoms with van der Waals surface area (Å²) in [4.78, 5) is 0. The lowest BCUT2D eigenvalue weighted by molar-refractivity contribution is 0.164. The van der Waals surface area contributed by atoms with Crippen LogP contribution in [-0.2, 0) is 0 Å². The van der Waals surface area contributed by atoms with E-state index in [9.17, 15) is 5.11 Å². The molecule has 4 heteroatoms. The SMILES string of the molecule is CCOc1ccc(OCC)c(C(C)CC(O)CN)c1. The number of hydrogen-bond donors (Lipinski definition) is 2. The van der Waals surface area contributed by atoms with Crippen LogP contribution in [0.5, 0.6) is 11.5 Å². The largest absolute Gasteiger partial charge is 0.494 e. The second-order valence-electron chi connectivity index (χ2n) is 4.59. The minimum absolute atomic E-state index is 0.167. The quantitative estimate of drug-likeness (QED) is 0.758. The van der Waals surface area contributed by atoms with Crippen molar-refractivity contribution in [3.05, 3.63) is 23.8 Å². The molecule has 2 unspecified atom stereocenters. The molecule has 0 heterocycles. The van der Waals surface area contributed by atoms with Crippen LogP contribution in [-0.4, -0.2) is 31.0 Å². The molecule has 2 atom stereocenters. The van der Waals surface area contributed by atoms with Gasteiger partial charge < -0.3 is 20.3 Å². The summed E-state index contributed by atoms with van der Waals surface area (Å²) in [5.74, 6) is 1.85. The van der Waals surface area contributed by atoms with E-state index in [-0.39, 0.29) is 12.5 Å². The highest BCUT2D eigenvalue weighted by molar-refractivity contribution is 5.42. The lowest BCUT2D eigenvalue weighted by atomic mass is 9.94. The predicted octanol–water partition coefficient (Wildman–Crippen LogP) is 2.30. The number of nitrogens with two attached hydrogens (primary N) is 1. The van der Waals surface area contributed by atoms with E-state index in [0.29, 0.717) is 19.6 Å². The number of ether oxygens (including phenoxy) is 2. The predicted molar refractivity (Wildman–Crippen MR) is 76.9 cm³/mol. The van der Waals surface area contributed by atoms with E-state index in [4.69, 9.17) is 15.2 Å². The highest BCUT2D eigenvalue weighted by Gasteiger charge is 2.16. The third-order valence-corrected chi connectivity index (χ3v) is 3.02. The van der Waals surface area contributed by atoms with Crippen molar-refractivity contribution in [1.29, 1.82) is 0 Å². The fourth-order valence-electron chi connectivity index (χ4n) is 2.09. The summed E-state index contributed by atoms with van der Waals surface area (Å²) < 4.78 is 11.2. The number of hydrogen-bond acceptors (Lipinski definition) is 4. The molecule has 0 aliphatic carbocycles. The van der Waals surface area contributed by atoms with Gasteiger partial charge in [0.05, 0.1) is 19.3 Å². The van der Waals surface area contributed by atoms with Crippen LogP contribution in [0.4, 0.5) is 0 Å². The number of benzene rings is 1. The maximum Gasteiger partial charge on any atom is 0.123 e. The highest BCUT2D eigenvalue weighted by Crippen LogP contribution is 2.33. The van der Waals surface area contributed by atoms with E-state index in [2.05, 4.69) is 6.92 Å². The zero-order chi connectivity index (χ0) is 14.3. The van der Waals surface area contributed by atoms with E-state index in [1.165, 1.54) is 0 Å². The van der Waals surface area contributed by atoms with Gasteiger partial charge in [-0.3, -0.25) is 0 Å². The third-order valence-electron chi connectivity index (χ3n) is 3.02. The van der Waals surface area contributed by atoms with E-state index in [0.717, 1.165) is 17.1 Å². The molecule has 0 amide bonds. The van der Waals surface area contributed by atoms with Gasteiger partial charge in [-0.15, -0.1) is 0 Å². The van der Waals surface area contributed by atoms with Crippen molar-refractivity contribution in [3.8, 4) is 11.5 Å². The van der Waals surface area contributed by atoms with Gasteiger partial charge in [0.25, 0.3) is 0 Å². The minimum Gasteiger partial charge on any atom is -0.494 e. The number of rotatable bonds is 8. The minimum atomic E-state index is -0.486. The Kier molecular flexibility index (Phi) is 6.67. The molecule has 3 N–H and O–H groups in total. The van der Waals surface area contributed by atoms with Crippen LogP contribution >= 0.6 is 0 Å². The summed E-state index contributed by atoms with van der Waals surface area (Å²) >= 11 is 0. The van der Waals surface area contributed by atoms with E-state index < -0.39 is 6.10 Å². The maximum absolute atomic E-state index is 9.69. The Morgan fingerprint density at radius 1 is 1.21 bits per heavy atom. The lowest BCUT2D eigenvalue weighted by Crippen LogP contribution is -2.21. The fraction of sp³-hybridized carbons (Fsp3) is 0.600. The number of aliphatic hydroxyl groups is 1. The molecule has 0 saturated carbocycles. The second kappa shape index (κ2) is 8.02. The zero-order valence-corrected chi connectivity index (χ0v) is 12.1. The maximum atomic E-state index is 9.69. The molecular formula is C15H25NO3. The van der Waals surface area contributed by atoms with Crippen LogP contribution in [0.2, 0.25) is 0 Å². The van der Waals surface area contributed by atoms with Gasteiger partial charge in [-0.25, -0.2) is 0 Å². The van der Waals surface area contributed by atoms with Gasteiger partial charge >= 0.3 is 0 Å². The fourth-order valence-corrected chi connectivity index (χ4v) is 2.09. The molecular weight excluding hydrogens is 242 g/mol. The van der Waals surface area contributed by atoms with E-state index in [1.807, 2.05) is 32.0 Å². The first-order valence-electron chi connectivity index (χ1n) is 6.90. The first-order valence-corrected chi connectivity index (χ1v) is 6.90. The smallest absolute Gasteiger partial charge is 0.123 e. The molecule has 0 spiro atoms. The second-order valence-corrected chi connectivity index (χ2v) is 4.59. The summed E-state index contributed by atoms with van der Waals surface area (Å²) in [6.45, 7) is 7.50.